The van der Waals surface area contributed by atoms with Crippen molar-refractivity contribution in [1.82, 2.24) is 0 Å². The number of aryl methyl sites for hydroxylation is 1. The number of benzene rings is 1. The lowest BCUT2D eigenvalue weighted by molar-refractivity contribution is 0.167. The van der Waals surface area contributed by atoms with Crippen LogP contribution in [-0.4, -0.2) is 5.54 Å². The van der Waals surface area contributed by atoms with Gasteiger partial charge in [0.1, 0.15) is 5.54 Å². The predicted molar refractivity (Wildman–Crippen MR) is 84.5 cm³/mol. The van der Waals surface area contributed by atoms with Crippen LogP contribution in [0.4, 0.5) is 5.69 Å². The van der Waals surface area contributed by atoms with Gasteiger partial charge in [-0.05, 0) is 49.1 Å². The lowest BCUT2D eigenvalue weighted by Gasteiger charge is -2.45. The minimum atomic E-state index is -0.419. The molecule has 2 heteroatoms. The molecule has 1 aromatic carbocycles. The number of rotatable bonds is 3. The average Bonchev–Trinajstić information content (AvgIpc) is 2.41. The van der Waals surface area contributed by atoms with Crippen LogP contribution in [0.15, 0.2) is 24.3 Å². The molecule has 0 spiro atoms. The van der Waals surface area contributed by atoms with Gasteiger partial charge in [-0.3, -0.25) is 0 Å². The summed E-state index contributed by atoms with van der Waals surface area (Å²) < 4.78 is 0. The molecular weight excluding hydrogens is 244 g/mol. The monoisotopic (exact) mass is 270 g/mol. The lowest BCUT2D eigenvalue weighted by atomic mass is 9.65. The smallest absolute Gasteiger partial charge is 0.128 e. The first-order chi connectivity index (χ1) is 9.48. The Morgan fingerprint density at radius 2 is 2.00 bits per heavy atom. The zero-order chi connectivity index (χ0) is 14.8. The Labute approximate surface area is 123 Å². The molecule has 0 aromatic heterocycles. The molecule has 1 aromatic rings. The van der Waals surface area contributed by atoms with Gasteiger partial charge in [-0.2, -0.15) is 5.26 Å². The molecule has 2 rings (SSSR count). The van der Waals surface area contributed by atoms with Crippen molar-refractivity contribution in [3.8, 4) is 6.07 Å². The van der Waals surface area contributed by atoms with Crippen molar-refractivity contribution in [3.05, 3.63) is 29.8 Å². The highest BCUT2D eigenvalue weighted by Crippen LogP contribution is 2.43. The summed E-state index contributed by atoms with van der Waals surface area (Å²) in [4.78, 5) is 0. The summed E-state index contributed by atoms with van der Waals surface area (Å²) in [5.74, 6) is 1.56. The van der Waals surface area contributed by atoms with Crippen LogP contribution >= 0.6 is 0 Å². The second kappa shape index (κ2) is 5.87. The summed E-state index contributed by atoms with van der Waals surface area (Å²) in [6.45, 7) is 8.85. The molecule has 0 saturated heterocycles. The molecule has 20 heavy (non-hydrogen) atoms. The van der Waals surface area contributed by atoms with E-state index in [1.54, 1.807) is 0 Å². The minimum absolute atomic E-state index is 0.419. The van der Waals surface area contributed by atoms with Gasteiger partial charge in [-0.25, -0.2) is 0 Å². The van der Waals surface area contributed by atoms with Crippen LogP contribution in [0.3, 0.4) is 0 Å². The second-order valence-corrected chi connectivity index (χ2v) is 6.76. The fourth-order valence-corrected chi connectivity index (χ4v) is 3.67. The zero-order valence-electron chi connectivity index (χ0n) is 13.1. The Hall–Kier alpha value is -1.49. The Balaban J connectivity index is 2.35. The van der Waals surface area contributed by atoms with Gasteiger partial charge in [0.2, 0.25) is 0 Å². The zero-order valence-corrected chi connectivity index (χ0v) is 13.1. The number of hydrogen-bond donors (Lipinski definition) is 1. The molecule has 1 saturated carbocycles. The van der Waals surface area contributed by atoms with E-state index < -0.39 is 5.54 Å². The van der Waals surface area contributed by atoms with Crippen LogP contribution in [0, 0.1) is 36.0 Å². The van der Waals surface area contributed by atoms with Crippen molar-refractivity contribution in [3.63, 3.8) is 0 Å². The first kappa shape index (κ1) is 14.9. The van der Waals surface area contributed by atoms with Crippen LogP contribution in [0.1, 0.15) is 45.6 Å². The van der Waals surface area contributed by atoms with Crippen molar-refractivity contribution in [2.45, 2.75) is 52.5 Å². The third-order valence-corrected chi connectivity index (χ3v) is 4.78. The van der Waals surface area contributed by atoms with Crippen LogP contribution in [-0.2, 0) is 0 Å². The van der Waals surface area contributed by atoms with Crippen LogP contribution in [0.2, 0.25) is 0 Å². The average molecular weight is 270 g/mol. The van der Waals surface area contributed by atoms with Crippen molar-refractivity contribution in [2.24, 2.45) is 17.8 Å². The van der Waals surface area contributed by atoms with E-state index in [1.807, 2.05) is 12.1 Å². The largest absolute Gasteiger partial charge is 0.367 e. The molecule has 0 radical (unpaired) electrons. The van der Waals surface area contributed by atoms with Gasteiger partial charge in [0.05, 0.1) is 6.07 Å². The molecule has 1 N–H and O–H groups in total. The standard InChI is InChI=1S/C18H26N2/c1-13(2)16-10-9-14(3)11-18(16,12-19)20-17-8-6-5-7-15(17)4/h5-8,13-14,16,20H,9-11H2,1-4H3. The molecule has 3 unspecified atom stereocenters. The van der Waals surface area contributed by atoms with E-state index in [0.29, 0.717) is 17.8 Å². The third-order valence-electron chi connectivity index (χ3n) is 4.78. The molecule has 1 fully saturated rings. The van der Waals surface area contributed by atoms with E-state index in [1.165, 1.54) is 12.0 Å². The maximum absolute atomic E-state index is 9.92. The van der Waals surface area contributed by atoms with E-state index in [0.717, 1.165) is 18.5 Å². The Bertz CT molecular complexity index is 500. The summed E-state index contributed by atoms with van der Waals surface area (Å²) >= 11 is 0. The molecule has 3 atom stereocenters. The fraction of sp³-hybridized carbons (Fsp3) is 0.611. The molecule has 0 bridgehead atoms. The molecule has 0 aliphatic heterocycles. The maximum atomic E-state index is 9.92. The highest BCUT2D eigenvalue weighted by atomic mass is 15.0. The molecule has 2 nitrogen and oxygen atoms in total. The summed E-state index contributed by atoms with van der Waals surface area (Å²) in [7, 11) is 0. The van der Waals surface area contributed by atoms with Crippen LogP contribution in [0.25, 0.3) is 0 Å². The molecule has 0 amide bonds. The fourth-order valence-electron chi connectivity index (χ4n) is 3.67. The van der Waals surface area contributed by atoms with Gasteiger partial charge in [-0.1, -0.05) is 45.4 Å². The number of nitriles is 1. The third kappa shape index (κ3) is 2.82. The van der Waals surface area contributed by atoms with Gasteiger partial charge in [-0.15, -0.1) is 0 Å². The lowest BCUT2D eigenvalue weighted by Crippen LogP contribution is -2.50. The van der Waals surface area contributed by atoms with E-state index in [2.05, 4.69) is 51.2 Å². The van der Waals surface area contributed by atoms with Gasteiger partial charge < -0.3 is 5.32 Å². The van der Waals surface area contributed by atoms with Gasteiger partial charge in [0.15, 0.2) is 0 Å². The quantitative estimate of drug-likeness (QED) is 0.859. The number of para-hydroxylation sites is 1. The van der Waals surface area contributed by atoms with Crippen molar-refractivity contribution in [2.75, 3.05) is 5.32 Å². The van der Waals surface area contributed by atoms with E-state index >= 15 is 0 Å². The van der Waals surface area contributed by atoms with Crippen molar-refractivity contribution >= 4 is 5.69 Å². The van der Waals surface area contributed by atoms with Crippen LogP contribution in [0.5, 0.6) is 0 Å². The Morgan fingerprint density at radius 1 is 1.30 bits per heavy atom. The van der Waals surface area contributed by atoms with Crippen molar-refractivity contribution in [1.29, 1.82) is 5.26 Å². The normalized spacial score (nSPS) is 30.0. The molecule has 0 heterocycles. The second-order valence-electron chi connectivity index (χ2n) is 6.76. The van der Waals surface area contributed by atoms with Gasteiger partial charge >= 0.3 is 0 Å². The summed E-state index contributed by atoms with van der Waals surface area (Å²) in [6, 6.07) is 10.9. The highest BCUT2D eigenvalue weighted by molar-refractivity contribution is 5.54. The minimum Gasteiger partial charge on any atom is -0.367 e. The Morgan fingerprint density at radius 3 is 2.60 bits per heavy atom. The van der Waals surface area contributed by atoms with E-state index in [-0.39, 0.29) is 0 Å². The van der Waals surface area contributed by atoms with Crippen LogP contribution < -0.4 is 5.32 Å². The molecular formula is C18H26N2. The molecule has 108 valence electrons. The number of hydrogen-bond acceptors (Lipinski definition) is 2. The van der Waals surface area contributed by atoms with Gasteiger partial charge in [0, 0.05) is 5.69 Å². The summed E-state index contributed by atoms with van der Waals surface area (Å²) in [5, 5.41) is 13.5. The number of nitrogens with zero attached hydrogens (tertiary/aromatic N) is 1. The summed E-state index contributed by atoms with van der Waals surface area (Å²) in [6.07, 6.45) is 3.33. The maximum Gasteiger partial charge on any atom is 0.128 e. The number of anilines is 1. The molecule has 1 aliphatic rings. The first-order valence-electron chi connectivity index (χ1n) is 7.73. The topological polar surface area (TPSA) is 35.8 Å². The number of nitrogens with one attached hydrogen (secondary N) is 1. The SMILES string of the molecule is Cc1ccccc1NC1(C#N)CC(C)CCC1C(C)C. The highest BCUT2D eigenvalue weighted by Gasteiger charge is 2.44. The summed E-state index contributed by atoms with van der Waals surface area (Å²) in [5.41, 5.74) is 1.90. The van der Waals surface area contributed by atoms with E-state index in [9.17, 15) is 5.26 Å². The Kier molecular flexibility index (Phi) is 4.38. The molecule has 1 aliphatic carbocycles. The predicted octanol–water partition coefficient (Wildman–Crippen LogP) is 4.76. The van der Waals surface area contributed by atoms with E-state index in [4.69, 9.17) is 0 Å². The van der Waals surface area contributed by atoms with Gasteiger partial charge in [0.25, 0.3) is 0 Å². The van der Waals surface area contributed by atoms with Crippen molar-refractivity contribution < 1.29 is 0 Å². The first-order valence-corrected chi connectivity index (χ1v) is 7.73.